The zero-order chi connectivity index (χ0) is 18.5. The molecule has 3 aromatic rings. The Morgan fingerprint density at radius 2 is 1.65 bits per heavy atom. The standard InChI is InChI=1S/C22H14F4/c1-2-13-7-10-20(23)18(11-13)21-17-12-14-5-3-4-6-15(14)16(17)8-9-19(21)22(24,25)26/h2-11H,1,12H2. The van der Waals surface area contributed by atoms with E-state index in [9.17, 15) is 17.6 Å². The van der Waals surface area contributed by atoms with Crippen LogP contribution in [0.2, 0.25) is 0 Å². The van der Waals surface area contributed by atoms with E-state index < -0.39 is 17.6 Å². The molecule has 0 unspecified atom stereocenters. The van der Waals surface area contributed by atoms with Crippen molar-refractivity contribution < 1.29 is 17.6 Å². The zero-order valence-electron chi connectivity index (χ0n) is 13.7. The van der Waals surface area contributed by atoms with E-state index in [2.05, 4.69) is 6.58 Å². The fourth-order valence-electron chi connectivity index (χ4n) is 3.62. The largest absolute Gasteiger partial charge is 0.417 e. The van der Waals surface area contributed by atoms with Crippen LogP contribution in [0, 0.1) is 5.82 Å². The number of alkyl halides is 3. The molecule has 1 aliphatic rings. The molecule has 0 saturated carbocycles. The van der Waals surface area contributed by atoms with E-state index in [1.165, 1.54) is 30.3 Å². The summed E-state index contributed by atoms with van der Waals surface area (Å²) in [6.07, 6.45) is -2.73. The molecule has 130 valence electrons. The lowest BCUT2D eigenvalue weighted by Gasteiger charge is -2.18. The van der Waals surface area contributed by atoms with E-state index in [4.69, 9.17) is 0 Å². The fraction of sp³-hybridized carbons (Fsp3) is 0.0909. The van der Waals surface area contributed by atoms with Gasteiger partial charge < -0.3 is 0 Å². The van der Waals surface area contributed by atoms with E-state index in [0.29, 0.717) is 17.5 Å². The predicted molar refractivity (Wildman–Crippen MR) is 95.2 cm³/mol. The number of halogens is 4. The molecule has 0 bridgehead atoms. The lowest BCUT2D eigenvalue weighted by molar-refractivity contribution is -0.137. The number of fused-ring (bicyclic) bond motifs is 3. The van der Waals surface area contributed by atoms with Gasteiger partial charge >= 0.3 is 6.18 Å². The second-order valence-corrected chi connectivity index (χ2v) is 6.29. The smallest absolute Gasteiger partial charge is 0.206 e. The third kappa shape index (κ3) is 2.53. The third-order valence-electron chi connectivity index (χ3n) is 4.79. The van der Waals surface area contributed by atoms with Gasteiger partial charge in [-0.1, -0.05) is 49.1 Å². The average Bonchev–Trinajstić information content (AvgIpc) is 2.99. The van der Waals surface area contributed by atoms with Crippen LogP contribution in [-0.2, 0) is 12.6 Å². The van der Waals surface area contributed by atoms with Crippen LogP contribution >= 0.6 is 0 Å². The first-order valence-electron chi connectivity index (χ1n) is 8.14. The van der Waals surface area contributed by atoms with Crippen molar-refractivity contribution in [3.05, 3.63) is 89.2 Å². The molecule has 4 heteroatoms. The maximum atomic E-state index is 14.6. The molecule has 26 heavy (non-hydrogen) atoms. The second-order valence-electron chi connectivity index (χ2n) is 6.29. The summed E-state index contributed by atoms with van der Waals surface area (Å²) < 4.78 is 55.7. The molecule has 0 saturated heterocycles. The van der Waals surface area contributed by atoms with Crippen LogP contribution in [0.1, 0.15) is 22.3 Å². The van der Waals surface area contributed by atoms with Crippen LogP contribution in [0.15, 0.2) is 61.2 Å². The van der Waals surface area contributed by atoms with Crippen molar-refractivity contribution in [1.82, 2.24) is 0 Å². The molecule has 0 heterocycles. The number of hydrogen-bond acceptors (Lipinski definition) is 0. The van der Waals surface area contributed by atoms with Crippen LogP contribution in [0.25, 0.3) is 28.3 Å². The summed E-state index contributed by atoms with van der Waals surface area (Å²) >= 11 is 0. The Bertz CT molecular complexity index is 1030. The molecule has 0 aromatic heterocycles. The predicted octanol–water partition coefficient (Wildman–Crippen LogP) is 6.73. The lowest BCUT2D eigenvalue weighted by atomic mass is 9.89. The van der Waals surface area contributed by atoms with Gasteiger partial charge in [-0.25, -0.2) is 4.39 Å². The lowest BCUT2D eigenvalue weighted by Crippen LogP contribution is -2.09. The topological polar surface area (TPSA) is 0 Å². The van der Waals surface area contributed by atoms with Crippen LogP contribution < -0.4 is 0 Å². The van der Waals surface area contributed by atoms with Gasteiger partial charge in [0.1, 0.15) is 5.82 Å². The fourth-order valence-corrected chi connectivity index (χ4v) is 3.62. The molecular formula is C22H14F4. The van der Waals surface area contributed by atoms with Crippen LogP contribution in [0.4, 0.5) is 17.6 Å². The third-order valence-corrected chi connectivity index (χ3v) is 4.79. The van der Waals surface area contributed by atoms with Crippen molar-refractivity contribution in [1.29, 1.82) is 0 Å². The summed E-state index contributed by atoms with van der Waals surface area (Å²) in [6, 6.07) is 14.1. The Morgan fingerprint density at radius 1 is 0.885 bits per heavy atom. The van der Waals surface area contributed by atoms with Crippen molar-refractivity contribution in [3.63, 3.8) is 0 Å². The summed E-state index contributed by atoms with van der Waals surface area (Å²) in [7, 11) is 0. The van der Waals surface area contributed by atoms with Crippen molar-refractivity contribution in [2.24, 2.45) is 0 Å². The summed E-state index contributed by atoms with van der Waals surface area (Å²) in [5.41, 5.74) is 2.73. The molecule has 0 spiro atoms. The van der Waals surface area contributed by atoms with Crippen molar-refractivity contribution in [2.45, 2.75) is 12.6 Å². The molecule has 0 atom stereocenters. The molecule has 0 aliphatic heterocycles. The molecule has 0 radical (unpaired) electrons. The minimum absolute atomic E-state index is 0.0422. The number of hydrogen-bond donors (Lipinski definition) is 0. The molecule has 0 fully saturated rings. The Labute approximate surface area is 148 Å². The Morgan fingerprint density at radius 3 is 2.38 bits per heavy atom. The Balaban J connectivity index is 2.07. The second kappa shape index (κ2) is 5.84. The summed E-state index contributed by atoms with van der Waals surface area (Å²) in [6.45, 7) is 3.63. The summed E-state index contributed by atoms with van der Waals surface area (Å²) in [4.78, 5) is 0. The van der Waals surface area contributed by atoms with E-state index in [1.54, 1.807) is 0 Å². The molecular weight excluding hydrogens is 340 g/mol. The van der Waals surface area contributed by atoms with Gasteiger partial charge in [0.2, 0.25) is 0 Å². The highest BCUT2D eigenvalue weighted by Crippen LogP contribution is 2.47. The highest BCUT2D eigenvalue weighted by Gasteiger charge is 2.37. The van der Waals surface area contributed by atoms with Crippen molar-refractivity contribution in [2.75, 3.05) is 0 Å². The number of benzene rings is 3. The highest BCUT2D eigenvalue weighted by molar-refractivity contribution is 5.87. The first-order valence-corrected chi connectivity index (χ1v) is 8.14. The van der Waals surface area contributed by atoms with Gasteiger partial charge in [0.25, 0.3) is 0 Å². The molecule has 4 rings (SSSR count). The van der Waals surface area contributed by atoms with E-state index in [0.717, 1.165) is 22.8 Å². The quantitative estimate of drug-likeness (QED) is 0.350. The Hall–Kier alpha value is -2.88. The normalized spacial score (nSPS) is 12.6. The van der Waals surface area contributed by atoms with Gasteiger partial charge in [-0.2, -0.15) is 13.2 Å². The molecule has 3 aromatic carbocycles. The molecule has 0 N–H and O–H groups in total. The maximum absolute atomic E-state index is 14.6. The van der Waals surface area contributed by atoms with Crippen molar-refractivity contribution in [3.8, 4) is 22.3 Å². The molecule has 0 amide bonds. The van der Waals surface area contributed by atoms with Gasteiger partial charge in [0, 0.05) is 11.1 Å². The monoisotopic (exact) mass is 354 g/mol. The first-order chi connectivity index (χ1) is 12.4. The van der Waals surface area contributed by atoms with E-state index >= 15 is 0 Å². The first kappa shape index (κ1) is 16.6. The van der Waals surface area contributed by atoms with E-state index in [-0.39, 0.29) is 11.1 Å². The van der Waals surface area contributed by atoms with Gasteiger partial charge in [-0.15, -0.1) is 0 Å². The SMILES string of the molecule is C=Cc1ccc(F)c(-c2c(C(F)(F)F)ccc3c2Cc2ccccc2-3)c1. The van der Waals surface area contributed by atoms with Crippen molar-refractivity contribution >= 4 is 6.08 Å². The van der Waals surface area contributed by atoms with E-state index in [1.807, 2.05) is 24.3 Å². The minimum Gasteiger partial charge on any atom is -0.206 e. The maximum Gasteiger partial charge on any atom is 0.417 e. The summed E-state index contributed by atoms with van der Waals surface area (Å²) in [5, 5.41) is 0. The average molecular weight is 354 g/mol. The highest BCUT2D eigenvalue weighted by atomic mass is 19.4. The Kier molecular flexibility index (Phi) is 3.72. The van der Waals surface area contributed by atoms with Crippen LogP contribution in [0.5, 0.6) is 0 Å². The van der Waals surface area contributed by atoms with Gasteiger partial charge in [-0.3, -0.25) is 0 Å². The number of rotatable bonds is 2. The minimum atomic E-state index is -4.57. The van der Waals surface area contributed by atoms with Gasteiger partial charge in [0.05, 0.1) is 5.56 Å². The molecule has 1 aliphatic carbocycles. The van der Waals surface area contributed by atoms with Crippen LogP contribution in [-0.4, -0.2) is 0 Å². The van der Waals surface area contributed by atoms with Crippen LogP contribution in [0.3, 0.4) is 0 Å². The summed E-state index contributed by atoms with van der Waals surface area (Å²) in [5.74, 6) is -0.676. The van der Waals surface area contributed by atoms with Gasteiger partial charge in [0.15, 0.2) is 0 Å². The van der Waals surface area contributed by atoms with Gasteiger partial charge in [-0.05, 0) is 52.4 Å². The zero-order valence-corrected chi connectivity index (χ0v) is 13.7. The molecule has 0 nitrogen and oxygen atoms in total.